The number of anilines is 1. The van der Waals surface area contributed by atoms with Gasteiger partial charge in [0.1, 0.15) is 10.8 Å². The van der Waals surface area contributed by atoms with E-state index in [2.05, 4.69) is 10.4 Å². The van der Waals surface area contributed by atoms with Gasteiger partial charge in [0.25, 0.3) is 5.56 Å². The van der Waals surface area contributed by atoms with Crippen molar-refractivity contribution in [2.45, 2.75) is 24.1 Å². The molecule has 3 rings (SSSR count). The fraction of sp³-hybridized carbons (Fsp3) is 0.150. The number of rotatable bonds is 5. The van der Waals surface area contributed by atoms with Crippen LogP contribution in [0.25, 0.3) is 5.69 Å². The van der Waals surface area contributed by atoms with Gasteiger partial charge >= 0.3 is 0 Å². The van der Waals surface area contributed by atoms with Crippen LogP contribution in [0.4, 0.5) is 10.1 Å². The van der Waals surface area contributed by atoms with E-state index < -0.39 is 5.25 Å². The quantitative estimate of drug-likeness (QED) is 0.623. The number of amides is 1. The molecule has 0 fully saturated rings. The van der Waals surface area contributed by atoms with Gasteiger partial charge in [-0.05, 0) is 61.9 Å². The van der Waals surface area contributed by atoms with Gasteiger partial charge in [-0.25, -0.2) is 4.39 Å². The molecular formula is C20H17ClFN3O2S. The minimum Gasteiger partial charge on any atom is -0.325 e. The predicted octanol–water partition coefficient (Wildman–Crippen LogP) is 4.45. The van der Waals surface area contributed by atoms with Crippen LogP contribution in [0.15, 0.2) is 64.4 Å². The number of aromatic nitrogens is 2. The first kappa shape index (κ1) is 20.1. The number of nitrogens with one attached hydrogen (secondary N) is 1. The molecule has 0 aliphatic carbocycles. The zero-order valence-corrected chi connectivity index (χ0v) is 16.7. The van der Waals surface area contributed by atoms with E-state index in [9.17, 15) is 14.0 Å². The van der Waals surface area contributed by atoms with Crippen LogP contribution in [0.5, 0.6) is 0 Å². The van der Waals surface area contributed by atoms with Crippen LogP contribution in [0.2, 0.25) is 5.02 Å². The van der Waals surface area contributed by atoms with Gasteiger partial charge in [-0.1, -0.05) is 29.4 Å². The number of thioether (sulfide) groups is 1. The Hall–Kier alpha value is -2.64. The molecule has 0 aliphatic heterocycles. The van der Waals surface area contributed by atoms with Crippen LogP contribution in [0.3, 0.4) is 0 Å². The number of hydrogen-bond acceptors (Lipinski definition) is 4. The van der Waals surface area contributed by atoms with Gasteiger partial charge in [-0.2, -0.15) is 9.78 Å². The summed E-state index contributed by atoms with van der Waals surface area (Å²) in [7, 11) is 0. The lowest BCUT2D eigenvalue weighted by Gasteiger charge is -2.13. The lowest BCUT2D eigenvalue weighted by atomic mass is 10.2. The van der Waals surface area contributed by atoms with Crippen molar-refractivity contribution in [1.29, 1.82) is 0 Å². The van der Waals surface area contributed by atoms with Crippen LogP contribution in [0, 0.1) is 12.7 Å². The molecule has 3 aromatic rings. The highest BCUT2D eigenvalue weighted by Crippen LogP contribution is 2.23. The number of benzene rings is 2. The van der Waals surface area contributed by atoms with E-state index in [0.29, 0.717) is 21.4 Å². The molecule has 0 spiro atoms. The highest BCUT2D eigenvalue weighted by molar-refractivity contribution is 8.00. The van der Waals surface area contributed by atoms with Crippen molar-refractivity contribution in [2.75, 3.05) is 5.32 Å². The van der Waals surface area contributed by atoms with Crippen LogP contribution in [-0.2, 0) is 4.79 Å². The van der Waals surface area contributed by atoms with Crippen LogP contribution in [-0.4, -0.2) is 20.9 Å². The monoisotopic (exact) mass is 417 g/mol. The largest absolute Gasteiger partial charge is 0.325 e. The fourth-order valence-corrected chi connectivity index (χ4v) is 3.35. The summed E-state index contributed by atoms with van der Waals surface area (Å²) >= 11 is 7.35. The zero-order valence-electron chi connectivity index (χ0n) is 15.1. The summed E-state index contributed by atoms with van der Waals surface area (Å²) in [6.45, 7) is 3.60. The summed E-state index contributed by atoms with van der Waals surface area (Å²) in [6, 6.07) is 13.7. The van der Waals surface area contributed by atoms with Gasteiger partial charge < -0.3 is 5.32 Å². The third-order valence-electron chi connectivity index (χ3n) is 3.95. The molecule has 0 saturated heterocycles. The zero-order chi connectivity index (χ0) is 20.3. The summed E-state index contributed by atoms with van der Waals surface area (Å²) in [5, 5.41) is 7.62. The highest BCUT2D eigenvalue weighted by atomic mass is 35.5. The molecule has 0 radical (unpaired) electrons. The Balaban J connectivity index is 1.76. The molecule has 1 unspecified atom stereocenters. The van der Waals surface area contributed by atoms with Gasteiger partial charge in [-0.15, -0.1) is 0 Å². The second-order valence-corrected chi connectivity index (χ2v) is 7.88. The van der Waals surface area contributed by atoms with Crippen molar-refractivity contribution in [3.05, 3.63) is 81.4 Å². The highest BCUT2D eigenvalue weighted by Gasteiger charge is 2.16. The van der Waals surface area contributed by atoms with E-state index in [0.717, 1.165) is 5.56 Å². The lowest BCUT2D eigenvalue weighted by Crippen LogP contribution is -2.24. The number of nitrogens with zero attached hydrogens (tertiary/aromatic N) is 2. The van der Waals surface area contributed by atoms with Crippen LogP contribution >= 0.6 is 23.4 Å². The second-order valence-electron chi connectivity index (χ2n) is 6.11. The van der Waals surface area contributed by atoms with Crippen molar-refractivity contribution in [1.82, 2.24) is 9.78 Å². The first-order valence-electron chi connectivity index (χ1n) is 8.43. The average Bonchev–Trinajstić information content (AvgIpc) is 2.67. The van der Waals surface area contributed by atoms with E-state index in [1.54, 1.807) is 25.1 Å². The molecule has 144 valence electrons. The number of hydrogen-bond donors (Lipinski definition) is 1. The number of carbonyl (C=O) groups excluding carboxylic acids is 1. The third-order valence-corrected chi connectivity index (χ3v) is 5.39. The fourth-order valence-electron chi connectivity index (χ4n) is 2.37. The lowest BCUT2D eigenvalue weighted by molar-refractivity contribution is -0.115. The standard InChI is InChI=1S/C20H17ClFN3O2S/c1-12-3-8-16(11-17(12)21)25-19(26)10-9-18(24-25)28-13(2)20(27)23-15-6-4-14(22)5-7-15/h3-11,13H,1-2H3,(H,23,27). The van der Waals surface area contributed by atoms with Gasteiger partial charge in [0.15, 0.2) is 0 Å². The SMILES string of the molecule is Cc1ccc(-n2nc(SC(C)C(=O)Nc3ccc(F)cc3)ccc2=O)cc1Cl. The summed E-state index contributed by atoms with van der Waals surface area (Å²) in [4.78, 5) is 24.6. The second kappa shape index (κ2) is 8.58. The Morgan fingerprint density at radius 3 is 2.57 bits per heavy atom. The predicted molar refractivity (Wildman–Crippen MR) is 110 cm³/mol. The Labute approximate surface area is 170 Å². The molecule has 5 nitrogen and oxygen atoms in total. The molecular weight excluding hydrogens is 401 g/mol. The average molecular weight is 418 g/mol. The summed E-state index contributed by atoms with van der Waals surface area (Å²) in [5.41, 5.74) is 1.65. The maximum atomic E-state index is 13.0. The normalized spacial score (nSPS) is 11.9. The molecule has 0 aliphatic rings. The van der Waals surface area contributed by atoms with E-state index in [-0.39, 0.29) is 17.3 Å². The van der Waals surface area contributed by atoms with Crippen LogP contribution < -0.4 is 10.9 Å². The first-order valence-corrected chi connectivity index (χ1v) is 9.69. The van der Waals surface area contributed by atoms with E-state index >= 15 is 0 Å². The van der Waals surface area contributed by atoms with E-state index in [4.69, 9.17) is 11.6 Å². The topological polar surface area (TPSA) is 64.0 Å². The number of carbonyl (C=O) groups is 1. The maximum absolute atomic E-state index is 13.0. The Morgan fingerprint density at radius 1 is 1.18 bits per heavy atom. The molecule has 0 saturated carbocycles. The Kier molecular flexibility index (Phi) is 6.16. The van der Waals surface area contributed by atoms with Crippen molar-refractivity contribution in [3.8, 4) is 5.69 Å². The van der Waals surface area contributed by atoms with Gasteiger partial charge in [0, 0.05) is 16.8 Å². The Bertz CT molecular complexity index is 1070. The molecule has 1 amide bonds. The van der Waals surface area contributed by atoms with Crippen LogP contribution in [0.1, 0.15) is 12.5 Å². The smallest absolute Gasteiger partial charge is 0.271 e. The van der Waals surface area contributed by atoms with Crippen molar-refractivity contribution in [2.24, 2.45) is 0 Å². The molecule has 1 N–H and O–H groups in total. The van der Waals surface area contributed by atoms with Crippen molar-refractivity contribution < 1.29 is 9.18 Å². The Morgan fingerprint density at radius 2 is 1.89 bits per heavy atom. The molecule has 1 aromatic heterocycles. The van der Waals surface area contributed by atoms with E-state index in [1.165, 1.54) is 46.8 Å². The van der Waals surface area contributed by atoms with E-state index in [1.807, 2.05) is 13.0 Å². The van der Waals surface area contributed by atoms with Gasteiger partial charge in [0.2, 0.25) is 5.91 Å². The number of aryl methyl sites for hydroxylation is 1. The first-order chi connectivity index (χ1) is 13.3. The minimum atomic E-state index is -0.481. The molecule has 0 bridgehead atoms. The van der Waals surface area contributed by atoms with Crippen molar-refractivity contribution >= 4 is 35.0 Å². The summed E-state index contributed by atoms with van der Waals surface area (Å²) in [5.74, 6) is -0.627. The molecule has 28 heavy (non-hydrogen) atoms. The van der Waals surface area contributed by atoms with Gasteiger partial charge in [-0.3, -0.25) is 9.59 Å². The molecule has 1 heterocycles. The maximum Gasteiger partial charge on any atom is 0.271 e. The minimum absolute atomic E-state index is 0.255. The van der Waals surface area contributed by atoms with Gasteiger partial charge in [0.05, 0.1) is 10.9 Å². The molecule has 8 heteroatoms. The van der Waals surface area contributed by atoms with Crippen molar-refractivity contribution in [3.63, 3.8) is 0 Å². The number of halogens is 2. The molecule has 1 atom stereocenters. The summed E-state index contributed by atoms with van der Waals surface area (Å²) < 4.78 is 14.2. The third kappa shape index (κ3) is 4.79. The molecule has 2 aromatic carbocycles. The summed E-state index contributed by atoms with van der Waals surface area (Å²) in [6.07, 6.45) is 0.